The molecule has 0 aromatic rings. The second kappa shape index (κ2) is 5.49. The van der Waals surface area contributed by atoms with Gasteiger partial charge < -0.3 is 10.5 Å². The molecule has 1 aliphatic rings. The molecular formula is C9H18FNO. The summed E-state index contributed by atoms with van der Waals surface area (Å²) in [6.07, 6.45) is 2.98. The smallest absolute Gasteiger partial charge is 0.0926 e. The molecule has 1 heterocycles. The minimum absolute atomic E-state index is 0.135. The van der Waals surface area contributed by atoms with Gasteiger partial charge in [-0.15, -0.1) is 0 Å². The van der Waals surface area contributed by atoms with E-state index in [1.807, 2.05) is 0 Å². The fourth-order valence-corrected chi connectivity index (χ4v) is 1.79. The van der Waals surface area contributed by atoms with E-state index < -0.39 is 0 Å². The fourth-order valence-electron chi connectivity index (χ4n) is 1.79. The van der Waals surface area contributed by atoms with Gasteiger partial charge in [-0.25, -0.2) is 0 Å². The van der Waals surface area contributed by atoms with Crippen molar-refractivity contribution in [2.75, 3.05) is 26.4 Å². The highest BCUT2D eigenvalue weighted by molar-refractivity contribution is 4.72. The van der Waals surface area contributed by atoms with Crippen LogP contribution in [-0.4, -0.2) is 26.4 Å². The maximum atomic E-state index is 12.5. The van der Waals surface area contributed by atoms with Crippen LogP contribution in [0.5, 0.6) is 0 Å². The Bertz CT molecular complexity index is 112. The zero-order valence-corrected chi connectivity index (χ0v) is 7.47. The predicted octanol–water partition coefficient (Wildman–Crippen LogP) is 1.35. The van der Waals surface area contributed by atoms with Crippen molar-refractivity contribution in [3.63, 3.8) is 0 Å². The molecule has 0 aromatic carbocycles. The third-order valence-electron chi connectivity index (χ3n) is 2.60. The van der Waals surface area contributed by atoms with Crippen molar-refractivity contribution in [1.82, 2.24) is 0 Å². The molecule has 0 aromatic heterocycles. The van der Waals surface area contributed by atoms with Gasteiger partial charge in [0.25, 0.3) is 0 Å². The van der Waals surface area contributed by atoms with Crippen molar-refractivity contribution in [2.45, 2.75) is 19.3 Å². The minimum atomic E-state index is -0.245. The number of hydrogen-bond donors (Lipinski definition) is 1. The largest absolute Gasteiger partial charge is 0.381 e. The quantitative estimate of drug-likeness (QED) is 0.700. The molecule has 2 atom stereocenters. The van der Waals surface area contributed by atoms with Crippen molar-refractivity contribution in [2.24, 2.45) is 17.6 Å². The molecular weight excluding hydrogens is 157 g/mol. The van der Waals surface area contributed by atoms with Crippen LogP contribution in [-0.2, 0) is 4.74 Å². The Morgan fingerprint density at radius 3 is 2.92 bits per heavy atom. The lowest BCUT2D eigenvalue weighted by molar-refractivity contribution is 0.0236. The van der Waals surface area contributed by atoms with Gasteiger partial charge in [0.05, 0.1) is 6.67 Å². The highest BCUT2D eigenvalue weighted by atomic mass is 19.1. The summed E-state index contributed by atoms with van der Waals surface area (Å²) in [5.41, 5.74) is 5.40. The first-order chi connectivity index (χ1) is 5.88. The number of nitrogens with two attached hydrogens (primary N) is 1. The molecule has 0 amide bonds. The molecule has 0 bridgehead atoms. The average Bonchev–Trinajstić information content (AvgIpc) is 2.15. The molecule has 12 heavy (non-hydrogen) atoms. The van der Waals surface area contributed by atoms with Crippen molar-refractivity contribution < 1.29 is 9.13 Å². The van der Waals surface area contributed by atoms with E-state index in [4.69, 9.17) is 10.5 Å². The third-order valence-corrected chi connectivity index (χ3v) is 2.60. The lowest BCUT2D eigenvalue weighted by atomic mass is 9.86. The average molecular weight is 175 g/mol. The van der Waals surface area contributed by atoms with Gasteiger partial charge in [0.2, 0.25) is 0 Å². The Morgan fingerprint density at radius 1 is 1.58 bits per heavy atom. The molecule has 0 radical (unpaired) electrons. The van der Waals surface area contributed by atoms with Gasteiger partial charge in [0, 0.05) is 13.2 Å². The maximum absolute atomic E-state index is 12.5. The van der Waals surface area contributed by atoms with Gasteiger partial charge >= 0.3 is 0 Å². The van der Waals surface area contributed by atoms with Crippen LogP contribution in [0.25, 0.3) is 0 Å². The van der Waals surface area contributed by atoms with E-state index in [2.05, 4.69) is 0 Å². The van der Waals surface area contributed by atoms with E-state index in [9.17, 15) is 4.39 Å². The first-order valence-corrected chi connectivity index (χ1v) is 4.72. The third kappa shape index (κ3) is 2.72. The molecule has 0 aliphatic carbocycles. The Kier molecular flexibility index (Phi) is 4.54. The van der Waals surface area contributed by atoms with Gasteiger partial charge in [-0.3, -0.25) is 4.39 Å². The number of rotatable bonds is 4. The van der Waals surface area contributed by atoms with Crippen LogP contribution in [0.2, 0.25) is 0 Å². The van der Waals surface area contributed by atoms with Crippen LogP contribution >= 0.6 is 0 Å². The minimum Gasteiger partial charge on any atom is -0.381 e. The molecule has 1 aliphatic heterocycles. The van der Waals surface area contributed by atoms with Gasteiger partial charge in [0.1, 0.15) is 0 Å². The van der Waals surface area contributed by atoms with E-state index in [0.29, 0.717) is 12.5 Å². The van der Waals surface area contributed by atoms with Gasteiger partial charge in [-0.2, -0.15) is 0 Å². The van der Waals surface area contributed by atoms with E-state index in [-0.39, 0.29) is 12.6 Å². The predicted molar refractivity (Wildman–Crippen MR) is 46.7 cm³/mol. The van der Waals surface area contributed by atoms with Crippen LogP contribution in [0, 0.1) is 11.8 Å². The zero-order chi connectivity index (χ0) is 8.81. The van der Waals surface area contributed by atoms with Crippen molar-refractivity contribution >= 4 is 0 Å². The molecule has 1 saturated heterocycles. The number of alkyl halides is 1. The summed E-state index contributed by atoms with van der Waals surface area (Å²) in [4.78, 5) is 0. The molecule has 1 fully saturated rings. The lowest BCUT2D eigenvalue weighted by Gasteiger charge is -2.28. The Labute approximate surface area is 73.3 Å². The number of hydrogen-bond acceptors (Lipinski definition) is 2. The first kappa shape index (κ1) is 9.93. The standard InChI is InChI=1S/C9H18FNO/c10-6-8(3-4-11)9-2-1-5-12-7-9/h8-9H,1-7,11H2. The maximum Gasteiger partial charge on any atom is 0.0926 e. The molecule has 0 spiro atoms. The molecule has 72 valence electrons. The summed E-state index contributed by atoms with van der Waals surface area (Å²) in [6, 6.07) is 0. The molecule has 0 saturated carbocycles. The van der Waals surface area contributed by atoms with Crippen molar-refractivity contribution in [1.29, 1.82) is 0 Å². The zero-order valence-electron chi connectivity index (χ0n) is 7.47. The molecule has 2 nitrogen and oxygen atoms in total. The Hall–Kier alpha value is -0.150. The van der Waals surface area contributed by atoms with Gasteiger partial charge in [-0.1, -0.05) is 0 Å². The summed E-state index contributed by atoms with van der Waals surface area (Å²) < 4.78 is 17.8. The summed E-state index contributed by atoms with van der Waals surface area (Å²) in [7, 11) is 0. The van der Waals surface area contributed by atoms with E-state index >= 15 is 0 Å². The van der Waals surface area contributed by atoms with Crippen LogP contribution in [0.4, 0.5) is 4.39 Å². The summed E-state index contributed by atoms with van der Waals surface area (Å²) in [5, 5.41) is 0. The fraction of sp³-hybridized carbons (Fsp3) is 1.00. The number of ether oxygens (including phenoxy) is 1. The van der Waals surface area contributed by atoms with Crippen molar-refractivity contribution in [3.8, 4) is 0 Å². The topological polar surface area (TPSA) is 35.2 Å². The highest BCUT2D eigenvalue weighted by Gasteiger charge is 2.23. The molecule has 2 unspecified atom stereocenters. The van der Waals surface area contributed by atoms with E-state index in [1.165, 1.54) is 0 Å². The summed E-state index contributed by atoms with van der Waals surface area (Å²) in [6.45, 7) is 1.92. The SMILES string of the molecule is NCCC(CF)C1CCCOC1. The Morgan fingerprint density at radius 2 is 2.42 bits per heavy atom. The summed E-state index contributed by atoms with van der Waals surface area (Å²) >= 11 is 0. The normalized spacial score (nSPS) is 27.0. The Balaban J connectivity index is 2.29. The highest BCUT2D eigenvalue weighted by Crippen LogP contribution is 2.24. The van der Waals surface area contributed by atoms with Crippen molar-refractivity contribution in [3.05, 3.63) is 0 Å². The van der Waals surface area contributed by atoms with Gasteiger partial charge in [-0.05, 0) is 37.6 Å². The van der Waals surface area contributed by atoms with Crippen LogP contribution in [0.3, 0.4) is 0 Å². The lowest BCUT2D eigenvalue weighted by Crippen LogP contribution is -2.28. The first-order valence-electron chi connectivity index (χ1n) is 4.72. The van der Waals surface area contributed by atoms with E-state index in [0.717, 1.165) is 32.5 Å². The van der Waals surface area contributed by atoms with Crippen LogP contribution in [0.1, 0.15) is 19.3 Å². The molecule has 1 rings (SSSR count). The van der Waals surface area contributed by atoms with Gasteiger partial charge in [0.15, 0.2) is 0 Å². The summed E-state index contributed by atoms with van der Waals surface area (Å²) in [5.74, 6) is 0.544. The van der Waals surface area contributed by atoms with Crippen LogP contribution in [0.15, 0.2) is 0 Å². The second-order valence-electron chi connectivity index (χ2n) is 3.47. The second-order valence-corrected chi connectivity index (χ2v) is 3.47. The van der Waals surface area contributed by atoms with E-state index in [1.54, 1.807) is 0 Å². The molecule has 3 heteroatoms. The van der Waals surface area contributed by atoms with Crippen LogP contribution < -0.4 is 5.73 Å². The number of halogens is 1. The monoisotopic (exact) mass is 175 g/mol. The molecule has 2 N–H and O–H groups in total.